The van der Waals surface area contributed by atoms with Crippen LogP contribution in [0.1, 0.15) is 31.4 Å². The van der Waals surface area contributed by atoms with Gasteiger partial charge in [-0.1, -0.05) is 0 Å². The van der Waals surface area contributed by atoms with E-state index in [1.165, 1.54) is 17.5 Å². The van der Waals surface area contributed by atoms with Gasteiger partial charge in [-0.3, -0.25) is 0 Å². The molecule has 0 aliphatic rings. The quantitative estimate of drug-likeness (QED) is 0.614. The summed E-state index contributed by atoms with van der Waals surface area (Å²) in [4.78, 5) is 0. The molecule has 0 aliphatic heterocycles. The van der Waals surface area contributed by atoms with Crippen LogP contribution in [-0.4, -0.2) is 12.9 Å². The van der Waals surface area contributed by atoms with E-state index in [-0.39, 0.29) is 0 Å². The van der Waals surface area contributed by atoms with E-state index in [0.717, 1.165) is 0 Å². The first kappa shape index (κ1) is 10.2. The molecule has 0 saturated carbocycles. The Morgan fingerprint density at radius 2 is 1.92 bits per heavy atom. The molecule has 0 aliphatic carbocycles. The van der Waals surface area contributed by atoms with Crippen molar-refractivity contribution in [1.29, 1.82) is 0 Å². The number of benzene rings is 1. The van der Waals surface area contributed by atoms with Gasteiger partial charge in [0.05, 0.1) is 0 Å². The summed E-state index contributed by atoms with van der Waals surface area (Å²) in [5.74, 6) is 2.88. The molecule has 0 nitrogen and oxygen atoms in total. The van der Waals surface area contributed by atoms with Gasteiger partial charge in [0.2, 0.25) is 0 Å². The number of hydrogen-bond donors (Lipinski definition) is 0. The Labute approximate surface area is 81.9 Å². The Morgan fingerprint density at radius 1 is 1.31 bits per heavy atom. The second kappa shape index (κ2) is 5.01. The topological polar surface area (TPSA) is 0 Å². The van der Waals surface area contributed by atoms with Crippen molar-refractivity contribution in [3.63, 3.8) is 0 Å². The Hall–Kier alpha value is -0.845. The molecule has 1 aromatic rings. The Balaban J connectivity index is 2.64. The van der Waals surface area contributed by atoms with Gasteiger partial charge in [-0.15, -0.1) is 0 Å². The molecular formula is C12H17B. The molecule has 1 heteroatoms. The van der Waals surface area contributed by atoms with E-state index in [9.17, 15) is 0 Å². The molecule has 13 heavy (non-hydrogen) atoms. The second-order valence-corrected chi connectivity index (χ2v) is 3.66. The van der Waals surface area contributed by atoms with Gasteiger partial charge in [-0.2, -0.15) is 0 Å². The van der Waals surface area contributed by atoms with Crippen molar-refractivity contribution < 1.29 is 0 Å². The molecule has 0 heterocycles. The first-order valence-electron chi connectivity index (χ1n) is 4.97. The van der Waals surface area contributed by atoms with Gasteiger partial charge < -0.3 is 0 Å². The third-order valence-corrected chi connectivity index (χ3v) is 2.34. The average Bonchev–Trinajstić information content (AvgIpc) is 2.16. The van der Waals surface area contributed by atoms with E-state index >= 15 is 0 Å². The molecule has 0 aromatic heterocycles. The number of aryl methyl sites for hydroxylation is 1. The van der Waals surface area contributed by atoms with Crippen molar-refractivity contribution >= 4 is 12.9 Å². The van der Waals surface area contributed by atoms with Gasteiger partial charge in [0.15, 0.2) is 0 Å². The zero-order valence-electron chi connectivity index (χ0n) is 8.75. The normalized spacial score (nSPS) is 12.8. The van der Waals surface area contributed by atoms with E-state index in [1.807, 2.05) is 0 Å². The van der Waals surface area contributed by atoms with Crippen molar-refractivity contribution in [2.75, 3.05) is 0 Å². The third-order valence-electron chi connectivity index (χ3n) is 2.34. The first-order valence-corrected chi connectivity index (χ1v) is 4.97. The molecule has 0 unspecified atom stereocenters. The summed E-state index contributed by atoms with van der Waals surface area (Å²) in [6.45, 7) is 8.83. The average molecular weight is 172 g/mol. The number of hydrogen-bond acceptors (Lipinski definition) is 0. The van der Waals surface area contributed by atoms with Gasteiger partial charge in [0.25, 0.3) is 0 Å². The van der Waals surface area contributed by atoms with Gasteiger partial charge in [0.1, 0.15) is 0 Å². The summed E-state index contributed by atoms with van der Waals surface area (Å²) in [5, 5.41) is 0. The minimum absolute atomic E-state index is 0.682. The molecule has 1 aromatic carbocycles. The fourth-order valence-corrected chi connectivity index (χ4v) is 1.09. The zero-order valence-corrected chi connectivity index (χ0v) is 8.75. The number of rotatable bonds is 3. The molecule has 0 amide bonds. The predicted molar refractivity (Wildman–Crippen MR) is 61.8 cm³/mol. The van der Waals surface area contributed by atoms with Crippen LogP contribution in [0.25, 0.3) is 0 Å². The van der Waals surface area contributed by atoms with Gasteiger partial charge in [-0.05, 0) is 0 Å². The Bertz CT molecular complexity index is 272. The van der Waals surface area contributed by atoms with Crippen LogP contribution >= 0.6 is 0 Å². The van der Waals surface area contributed by atoms with E-state index < -0.39 is 0 Å². The van der Waals surface area contributed by atoms with E-state index in [4.69, 9.17) is 0 Å². The molecule has 0 radical (unpaired) electrons. The van der Waals surface area contributed by atoms with Crippen molar-refractivity contribution in [1.82, 2.24) is 0 Å². The maximum absolute atomic E-state index is 2.27. The summed E-state index contributed by atoms with van der Waals surface area (Å²) in [6.07, 6.45) is 1.21. The van der Waals surface area contributed by atoms with Crippen LogP contribution in [0.3, 0.4) is 0 Å². The maximum atomic E-state index is 2.27. The van der Waals surface area contributed by atoms with Crippen molar-refractivity contribution in [3.8, 4) is 0 Å². The molecule has 0 saturated heterocycles. The molecule has 1 atom stereocenters. The molecule has 0 N–H and O–H groups in total. The molecule has 0 bridgehead atoms. The van der Waals surface area contributed by atoms with Gasteiger partial charge in [0, 0.05) is 0 Å². The molecular weight excluding hydrogens is 155 g/mol. The van der Waals surface area contributed by atoms with Crippen LogP contribution in [0.2, 0.25) is 5.82 Å². The first-order chi connectivity index (χ1) is 6.22. The summed E-state index contributed by atoms with van der Waals surface area (Å²) in [6, 6.07) is 8.62. The second-order valence-electron chi connectivity index (χ2n) is 3.66. The van der Waals surface area contributed by atoms with Gasteiger partial charge in [-0.25, -0.2) is 0 Å². The monoisotopic (exact) mass is 172 g/mol. The molecule has 1 rings (SSSR count). The third kappa shape index (κ3) is 3.58. The standard InChI is InChI=1S/C12H17B/c1-4-11(3)13-9-12-7-5-10(2)6-8-12/h5-9,11H,4H2,1-3H3/t11-/m1/s1. The van der Waals surface area contributed by atoms with E-state index in [0.29, 0.717) is 5.82 Å². The van der Waals surface area contributed by atoms with E-state index in [1.54, 1.807) is 0 Å². The van der Waals surface area contributed by atoms with Crippen molar-refractivity contribution in [2.45, 2.75) is 33.0 Å². The van der Waals surface area contributed by atoms with Crippen LogP contribution in [0.4, 0.5) is 0 Å². The van der Waals surface area contributed by atoms with Crippen LogP contribution in [-0.2, 0) is 0 Å². The molecule has 0 fully saturated rings. The fraction of sp³-hybridized carbons (Fsp3) is 0.417. The summed E-state index contributed by atoms with van der Waals surface area (Å²) >= 11 is 0. The van der Waals surface area contributed by atoms with Crippen LogP contribution in [0, 0.1) is 6.92 Å². The van der Waals surface area contributed by atoms with Crippen LogP contribution in [0.5, 0.6) is 0 Å². The summed E-state index contributed by atoms with van der Waals surface area (Å²) < 4.78 is 0. The van der Waals surface area contributed by atoms with Crippen molar-refractivity contribution in [3.05, 3.63) is 35.4 Å². The van der Waals surface area contributed by atoms with Gasteiger partial charge >= 0.3 is 81.3 Å². The van der Waals surface area contributed by atoms with E-state index in [2.05, 4.69) is 57.9 Å². The zero-order chi connectivity index (χ0) is 9.68. The fourth-order valence-electron chi connectivity index (χ4n) is 1.09. The Kier molecular flexibility index (Phi) is 3.94. The predicted octanol–water partition coefficient (Wildman–Crippen LogP) is 3.07. The van der Waals surface area contributed by atoms with Crippen molar-refractivity contribution in [2.24, 2.45) is 0 Å². The molecule has 68 valence electrons. The SMILES string of the molecule is CC[C@@H](C)B=Cc1ccc(C)cc1. The molecule has 0 spiro atoms. The Morgan fingerprint density at radius 3 is 2.46 bits per heavy atom. The summed E-state index contributed by atoms with van der Waals surface area (Å²) in [5.41, 5.74) is 2.62. The van der Waals surface area contributed by atoms with Crippen LogP contribution < -0.4 is 0 Å². The minimum atomic E-state index is 0.682. The summed E-state index contributed by atoms with van der Waals surface area (Å²) in [7, 11) is 0. The van der Waals surface area contributed by atoms with Crippen LogP contribution in [0.15, 0.2) is 24.3 Å².